The predicted octanol–water partition coefficient (Wildman–Crippen LogP) is 1.56. The molecule has 0 spiro atoms. The molecule has 1 aromatic rings. The maximum atomic E-state index is 11.9. The second kappa shape index (κ2) is 8.51. The van der Waals surface area contributed by atoms with Crippen LogP contribution in [0.5, 0.6) is 0 Å². The SMILES string of the molecule is O=C(O)c1ccc(C(=O)NCCCOCC2CCOC2)cc1. The van der Waals surface area contributed by atoms with E-state index in [0.717, 1.165) is 26.1 Å². The number of carbonyl (C=O) groups excluding carboxylic acids is 1. The van der Waals surface area contributed by atoms with E-state index in [0.29, 0.717) is 31.2 Å². The van der Waals surface area contributed by atoms with Crippen LogP contribution in [0.3, 0.4) is 0 Å². The fourth-order valence-electron chi connectivity index (χ4n) is 2.21. The van der Waals surface area contributed by atoms with Crippen molar-refractivity contribution in [1.82, 2.24) is 5.32 Å². The third-order valence-corrected chi connectivity index (χ3v) is 3.52. The van der Waals surface area contributed by atoms with Gasteiger partial charge in [-0.15, -0.1) is 0 Å². The summed E-state index contributed by atoms with van der Waals surface area (Å²) in [6.45, 7) is 3.45. The molecule has 6 nitrogen and oxygen atoms in total. The van der Waals surface area contributed by atoms with Gasteiger partial charge >= 0.3 is 5.97 Å². The van der Waals surface area contributed by atoms with Crippen LogP contribution in [0, 0.1) is 5.92 Å². The summed E-state index contributed by atoms with van der Waals surface area (Å²) >= 11 is 0. The van der Waals surface area contributed by atoms with E-state index >= 15 is 0 Å². The first-order valence-electron chi connectivity index (χ1n) is 7.44. The Morgan fingerprint density at radius 3 is 2.64 bits per heavy atom. The van der Waals surface area contributed by atoms with E-state index in [1.165, 1.54) is 24.3 Å². The van der Waals surface area contributed by atoms with Crippen LogP contribution in [-0.2, 0) is 9.47 Å². The number of aromatic carboxylic acids is 1. The van der Waals surface area contributed by atoms with Gasteiger partial charge in [-0.3, -0.25) is 4.79 Å². The summed E-state index contributed by atoms with van der Waals surface area (Å²) in [5.74, 6) is -0.708. The first-order valence-corrected chi connectivity index (χ1v) is 7.44. The number of hydrogen-bond acceptors (Lipinski definition) is 4. The smallest absolute Gasteiger partial charge is 0.335 e. The summed E-state index contributed by atoms with van der Waals surface area (Å²) in [6, 6.07) is 5.86. The molecule has 2 N–H and O–H groups in total. The lowest BCUT2D eigenvalue weighted by molar-refractivity contribution is 0.0696. The van der Waals surface area contributed by atoms with Crippen molar-refractivity contribution in [2.24, 2.45) is 5.92 Å². The lowest BCUT2D eigenvalue weighted by atomic mass is 10.1. The summed E-state index contributed by atoms with van der Waals surface area (Å²) < 4.78 is 10.8. The van der Waals surface area contributed by atoms with Gasteiger partial charge in [-0.25, -0.2) is 4.79 Å². The fraction of sp³-hybridized carbons (Fsp3) is 0.500. The quantitative estimate of drug-likeness (QED) is 0.712. The zero-order valence-corrected chi connectivity index (χ0v) is 12.4. The van der Waals surface area contributed by atoms with Crippen LogP contribution in [0.15, 0.2) is 24.3 Å². The Balaban J connectivity index is 1.59. The van der Waals surface area contributed by atoms with E-state index < -0.39 is 5.97 Å². The summed E-state index contributed by atoms with van der Waals surface area (Å²) in [5, 5.41) is 11.6. The van der Waals surface area contributed by atoms with Gasteiger partial charge in [-0.05, 0) is 37.1 Å². The number of carbonyl (C=O) groups is 2. The number of ether oxygens (including phenoxy) is 2. The van der Waals surface area contributed by atoms with Gasteiger partial charge in [-0.2, -0.15) is 0 Å². The molecule has 1 aliphatic rings. The second-order valence-electron chi connectivity index (χ2n) is 5.30. The largest absolute Gasteiger partial charge is 0.478 e. The molecule has 0 saturated carbocycles. The van der Waals surface area contributed by atoms with Crippen LogP contribution in [-0.4, -0.2) is 50.0 Å². The van der Waals surface area contributed by atoms with Crippen molar-refractivity contribution < 1.29 is 24.2 Å². The van der Waals surface area contributed by atoms with Crippen LogP contribution in [0.4, 0.5) is 0 Å². The minimum Gasteiger partial charge on any atom is -0.478 e. The predicted molar refractivity (Wildman–Crippen MR) is 80.1 cm³/mol. The minimum atomic E-state index is -1.00. The van der Waals surface area contributed by atoms with Gasteiger partial charge in [0.25, 0.3) is 5.91 Å². The van der Waals surface area contributed by atoms with Crippen molar-refractivity contribution in [2.75, 3.05) is 33.0 Å². The first-order chi connectivity index (χ1) is 10.7. The molecule has 1 aromatic carbocycles. The fourth-order valence-corrected chi connectivity index (χ4v) is 2.21. The number of hydrogen-bond donors (Lipinski definition) is 2. The molecule has 0 bridgehead atoms. The Bertz CT molecular complexity index is 494. The molecular formula is C16H21NO5. The van der Waals surface area contributed by atoms with Crippen molar-refractivity contribution in [3.8, 4) is 0 Å². The molecule has 2 rings (SSSR count). The molecular weight excluding hydrogens is 286 g/mol. The zero-order valence-electron chi connectivity index (χ0n) is 12.4. The molecule has 120 valence electrons. The maximum absolute atomic E-state index is 11.9. The van der Waals surface area contributed by atoms with E-state index in [1.807, 2.05) is 0 Å². The van der Waals surface area contributed by atoms with Gasteiger partial charge in [0.1, 0.15) is 0 Å². The molecule has 1 amide bonds. The monoisotopic (exact) mass is 307 g/mol. The molecule has 0 radical (unpaired) electrons. The standard InChI is InChI=1S/C16H21NO5/c18-15(13-2-4-14(5-3-13)16(19)20)17-7-1-8-21-10-12-6-9-22-11-12/h2-5,12H,1,6-11H2,(H,17,18)(H,19,20). The second-order valence-corrected chi connectivity index (χ2v) is 5.30. The van der Waals surface area contributed by atoms with Crippen molar-refractivity contribution >= 4 is 11.9 Å². The highest BCUT2D eigenvalue weighted by Gasteiger charge is 2.15. The van der Waals surface area contributed by atoms with E-state index in [4.69, 9.17) is 14.6 Å². The van der Waals surface area contributed by atoms with E-state index in [-0.39, 0.29) is 11.5 Å². The number of amides is 1. The summed E-state index contributed by atoms with van der Waals surface area (Å²) in [5.41, 5.74) is 0.620. The molecule has 1 heterocycles. The molecule has 0 aromatic heterocycles. The van der Waals surface area contributed by atoms with E-state index in [1.54, 1.807) is 0 Å². The lowest BCUT2D eigenvalue weighted by Gasteiger charge is -2.09. The maximum Gasteiger partial charge on any atom is 0.335 e. The van der Waals surface area contributed by atoms with E-state index in [2.05, 4.69) is 5.32 Å². The van der Waals surface area contributed by atoms with Gasteiger partial charge in [0.2, 0.25) is 0 Å². The van der Waals surface area contributed by atoms with Crippen LogP contribution in [0.1, 0.15) is 33.6 Å². The molecule has 1 unspecified atom stereocenters. The van der Waals surface area contributed by atoms with Crippen molar-refractivity contribution in [1.29, 1.82) is 0 Å². The highest BCUT2D eigenvalue weighted by Crippen LogP contribution is 2.12. The minimum absolute atomic E-state index is 0.167. The number of benzene rings is 1. The lowest BCUT2D eigenvalue weighted by Crippen LogP contribution is -2.25. The van der Waals surface area contributed by atoms with Crippen molar-refractivity contribution in [2.45, 2.75) is 12.8 Å². The summed E-state index contributed by atoms with van der Waals surface area (Å²) in [4.78, 5) is 22.6. The van der Waals surface area contributed by atoms with Gasteiger partial charge in [0.05, 0.1) is 18.8 Å². The third-order valence-electron chi connectivity index (χ3n) is 3.52. The van der Waals surface area contributed by atoms with Crippen molar-refractivity contribution in [3.05, 3.63) is 35.4 Å². The highest BCUT2D eigenvalue weighted by atomic mass is 16.5. The Morgan fingerprint density at radius 1 is 1.27 bits per heavy atom. The third kappa shape index (κ3) is 5.13. The first kappa shape index (κ1) is 16.5. The Kier molecular flexibility index (Phi) is 6.36. The Morgan fingerprint density at radius 2 is 2.00 bits per heavy atom. The zero-order chi connectivity index (χ0) is 15.8. The van der Waals surface area contributed by atoms with Gasteiger partial charge < -0.3 is 19.9 Å². The van der Waals surface area contributed by atoms with Crippen LogP contribution in [0.2, 0.25) is 0 Å². The highest BCUT2D eigenvalue weighted by molar-refractivity contribution is 5.95. The molecule has 1 atom stereocenters. The molecule has 1 saturated heterocycles. The van der Waals surface area contributed by atoms with Crippen LogP contribution in [0.25, 0.3) is 0 Å². The van der Waals surface area contributed by atoms with Crippen LogP contribution >= 0.6 is 0 Å². The number of nitrogens with one attached hydrogen (secondary N) is 1. The van der Waals surface area contributed by atoms with Crippen LogP contribution < -0.4 is 5.32 Å². The molecule has 0 aliphatic carbocycles. The molecule has 22 heavy (non-hydrogen) atoms. The van der Waals surface area contributed by atoms with Gasteiger partial charge in [-0.1, -0.05) is 0 Å². The van der Waals surface area contributed by atoms with E-state index in [9.17, 15) is 9.59 Å². The summed E-state index contributed by atoms with van der Waals surface area (Å²) in [7, 11) is 0. The Labute approximate surface area is 129 Å². The van der Waals surface area contributed by atoms with Gasteiger partial charge in [0, 0.05) is 31.2 Å². The number of rotatable bonds is 8. The normalized spacial score (nSPS) is 17.4. The van der Waals surface area contributed by atoms with Gasteiger partial charge in [0.15, 0.2) is 0 Å². The Hall–Kier alpha value is -1.92. The molecule has 6 heteroatoms. The average molecular weight is 307 g/mol. The average Bonchev–Trinajstić information content (AvgIpc) is 3.04. The topological polar surface area (TPSA) is 84.9 Å². The molecule has 1 aliphatic heterocycles. The molecule has 1 fully saturated rings. The number of carboxylic acids is 1. The number of carboxylic acid groups (broad SMARTS) is 1. The summed E-state index contributed by atoms with van der Waals surface area (Å²) in [6.07, 6.45) is 1.80. The van der Waals surface area contributed by atoms with Crippen molar-refractivity contribution in [3.63, 3.8) is 0 Å².